The fraction of sp³-hybridized carbons (Fsp3) is 0.425. The number of carboxylic acid groups (broad SMARTS) is 1. The smallest absolute Gasteiger partial charge is 0.341 e. The van der Waals surface area contributed by atoms with Gasteiger partial charge < -0.3 is 66.2 Å². The van der Waals surface area contributed by atoms with Crippen LogP contribution in [0.25, 0.3) is 21.8 Å². The first-order valence-corrected chi connectivity index (χ1v) is 20.2. The standard InChI is InChI=1S/C40H48F2N14O6/c1-20-16-55-21(2)18-61-34-28(55)23(32(20)57)14-26(41)30(34)51-6-10-53(11-7-51)39(45)49-37(43)47-4-5-48-38(44)50-40(46)54-12-8-52(9-13-54)31-27(42)15-24-29-35(31)62-19-22(3)56(29)17-25(33(24)58)36(59)60/h14-17,21-22H,4-13,18-19H2,1-3H3,(H,59,60)(H4,43,45,47,49)(H4,44,46,48,50). The van der Waals surface area contributed by atoms with Crippen LogP contribution in [0, 0.1) is 18.6 Å². The van der Waals surface area contributed by atoms with Crippen molar-refractivity contribution in [1.29, 1.82) is 0 Å². The number of hydrogen-bond acceptors (Lipinski definition) is 9. The molecule has 9 N–H and O–H groups in total. The SMILES string of the molecule is Cc1cn2c3c(c(N4CCN(/C(N)=N/C(N)=NCCN=C(N)/N=C(\N)N5CCN(c6c(F)cc7c(=O)c(C(=O)O)cn8c7c6OCC8C)CC5)CC4)c(F)cc3c1=O)OCC2C. The van der Waals surface area contributed by atoms with Gasteiger partial charge in [0.15, 0.2) is 40.5 Å². The molecule has 6 heterocycles. The van der Waals surface area contributed by atoms with Crippen LogP contribution in [-0.4, -0.2) is 133 Å². The zero-order valence-electron chi connectivity index (χ0n) is 34.5. The molecular weight excluding hydrogens is 811 g/mol. The minimum Gasteiger partial charge on any atom is -0.487 e. The lowest BCUT2D eigenvalue weighted by Gasteiger charge is -2.38. The van der Waals surface area contributed by atoms with E-state index in [1.54, 1.807) is 27.5 Å². The number of pyridine rings is 2. The van der Waals surface area contributed by atoms with E-state index in [1.165, 1.54) is 12.3 Å². The van der Waals surface area contributed by atoms with Crippen molar-refractivity contribution < 1.29 is 28.2 Å². The lowest BCUT2D eigenvalue weighted by Crippen LogP contribution is -2.52. The lowest BCUT2D eigenvalue weighted by atomic mass is 10.1. The highest BCUT2D eigenvalue weighted by atomic mass is 19.1. The summed E-state index contributed by atoms with van der Waals surface area (Å²) in [6.07, 6.45) is 3.09. The van der Waals surface area contributed by atoms with Crippen LogP contribution < -0.4 is 53.1 Å². The first-order valence-electron chi connectivity index (χ1n) is 20.2. The van der Waals surface area contributed by atoms with Crippen molar-refractivity contribution in [3.05, 3.63) is 67.7 Å². The maximum Gasteiger partial charge on any atom is 0.341 e. The van der Waals surface area contributed by atoms with E-state index >= 15 is 8.78 Å². The maximum atomic E-state index is 15.7. The highest BCUT2D eigenvalue weighted by Crippen LogP contribution is 2.43. The number of carboxylic acids is 1. The van der Waals surface area contributed by atoms with Crippen LogP contribution >= 0.6 is 0 Å². The number of piperazine rings is 2. The van der Waals surface area contributed by atoms with E-state index in [-0.39, 0.29) is 77.9 Å². The lowest BCUT2D eigenvalue weighted by molar-refractivity contribution is 0.0694. The van der Waals surface area contributed by atoms with E-state index in [0.29, 0.717) is 92.4 Å². The molecule has 22 heteroatoms. The summed E-state index contributed by atoms with van der Waals surface area (Å²) in [5.41, 5.74) is 25.2. The second kappa shape index (κ2) is 16.4. The summed E-state index contributed by atoms with van der Waals surface area (Å²) >= 11 is 0. The molecule has 2 aromatic heterocycles. The van der Waals surface area contributed by atoms with Gasteiger partial charge in [-0.25, -0.2) is 23.6 Å². The predicted molar refractivity (Wildman–Crippen MR) is 232 cm³/mol. The molecule has 2 unspecified atom stereocenters. The Bertz CT molecular complexity index is 2730. The number of aryl methyl sites for hydroxylation is 1. The van der Waals surface area contributed by atoms with Crippen molar-refractivity contribution in [2.24, 2.45) is 42.9 Å². The van der Waals surface area contributed by atoms with Crippen LogP contribution in [0.5, 0.6) is 11.5 Å². The molecule has 2 saturated heterocycles. The molecule has 0 amide bonds. The summed E-state index contributed by atoms with van der Waals surface area (Å²) < 4.78 is 47.0. The number of carbonyl (C=O) groups is 1. The summed E-state index contributed by atoms with van der Waals surface area (Å²) in [4.78, 5) is 61.8. The van der Waals surface area contributed by atoms with Crippen LogP contribution in [0.4, 0.5) is 20.2 Å². The Morgan fingerprint density at radius 2 is 1.13 bits per heavy atom. The van der Waals surface area contributed by atoms with E-state index in [1.807, 2.05) is 28.2 Å². The zero-order valence-corrected chi connectivity index (χ0v) is 34.5. The summed E-state index contributed by atoms with van der Waals surface area (Å²) in [6.45, 7) is 9.33. The van der Waals surface area contributed by atoms with Gasteiger partial charge >= 0.3 is 5.97 Å². The van der Waals surface area contributed by atoms with Crippen molar-refractivity contribution in [2.75, 3.05) is 88.5 Å². The summed E-state index contributed by atoms with van der Waals surface area (Å²) in [5, 5.41) is 9.81. The molecule has 0 saturated carbocycles. The number of ether oxygens (including phenoxy) is 2. The van der Waals surface area contributed by atoms with Gasteiger partial charge in [0.05, 0.1) is 47.0 Å². The number of hydrogen-bond donors (Lipinski definition) is 5. The van der Waals surface area contributed by atoms with Gasteiger partial charge in [0.2, 0.25) is 17.3 Å². The van der Waals surface area contributed by atoms with Gasteiger partial charge in [-0.3, -0.25) is 9.59 Å². The van der Waals surface area contributed by atoms with Gasteiger partial charge in [-0.15, -0.1) is 0 Å². The molecule has 0 bridgehead atoms. The van der Waals surface area contributed by atoms with Crippen LogP contribution in [0.1, 0.15) is 41.9 Å². The number of aliphatic imine (C=N–C) groups is 4. The molecule has 0 spiro atoms. The third kappa shape index (κ3) is 7.48. The number of guanidine groups is 4. The fourth-order valence-corrected chi connectivity index (χ4v) is 8.40. The molecule has 2 aromatic carbocycles. The van der Waals surface area contributed by atoms with E-state index in [2.05, 4.69) is 20.0 Å². The van der Waals surface area contributed by atoms with Gasteiger partial charge in [-0.2, -0.15) is 9.98 Å². The summed E-state index contributed by atoms with van der Waals surface area (Å²) in [5.74, 6) is -1.93. The Balaban J connectivity index is 0.849. The van der Waals surface area contributed by atoms with Crippen molar-refractivity contribution >= 4 is 63.0 Å². The minimum absolute atomic E-state index is 0.0173. The van der Waals surface area contributed by atoms with Crippen LogP contribution in [-0.2, 0) is 0 Å². The first-order chi connectivity index (χ1) is 29.6. The average Bonchev–Trinajstić information content (AvgIpc) is 3.24. The molecular formula is C40H48F2N14O6. The number of rotatable bonds is 6. The third-order valence-electron chi connectivity index (χ3n) is 11.6. The monoisotopic (exact) mass is 858 g/mol. The minimum atomic E-state index is -1.39. The van der Waals surface area contributed by atoms with E-state index < -0.39 is 28.6 Å². The molecule has 20 nitrogen and oxygen atoms in total. The molecule has 4 aliphatic heterocycles. The predicted octanol–water partition coefficient (Wildman–Crippen LogP) is 0.711. The number of nitrogens with zero attached hydrogens (tertiary/aromatic N) is 10. The van der Waals surface area contributed by atoms with Gasteiger partial charge in [-0.1, -0.05) is 0 Å². The molecule has 2 fully saturated rings. The normalized spacial score (nSPS) is 19.9. The Labute approximate surface area is 353 Å². The molecule has 8 rings (SSSR count). The summed E-state index contributed by atoms with van der Waals surface area (Å²) in [6, 6.07) is 2.08. The first kappa shape index (κ1) is 41.6. The number of aromatic nitrogens is 2. The molecule has 4 aromatic rings. The number of anilines is 2. The number of nitrogens with two attached hydrogens (primary N) is 4. The van der Waals surface area contributed by atoms with Crippen LogP contribution in [0.2, 0.25) is 0 Å². The number of halogens is 2. The number of aromatic carboxylic acids is 1. The topological polar surface area (TPSA) is 266 Å². The second-order valence-electron chi connectivity index (χ2n) is 15.7. The average molecular weight is 859 g/mol. The van der Waals surface area contributed by atoms with Crippen LogP contribution in [0.15, 0.2) is 54.1 Å². The molecule has 0 aliphatic carbocycles. The van der Waals surface area contributed by atoms with Crippen molar-refractivity contribution in [3.8, 4) is 11.5 Å². The van der Waals surface area contributed by atoms with Crippen molar-refractivity contribution in [1.82, 2.24) is 18.9 Å². The molecule has 62 heavy (non-hydrogen) atoms. The quantitative estimate of drug-likeness (QED) is 0.102. The maximum absolute atomic E-state index is 15.7. The third-order valence-corrected chi connectivity index (χ3v) is 11.6. The van der Waals surface area contributed by atoms with Gasteiger partial charge in [0.1, 0.15) is 30.2 Å². The van der Waals surface area contributed by atoms with Gasteiger partial charge in [0.25, 0.3) is 0 Å². The Morgan fingerprint density at radius 1 is 0.710 bits per heavy atom. The fourth-order valence-electron chi connectivity index (χ4n) is 8.40. The Hall–Kier alpha value is -7.13. The molecule has 0 radical (unpaired) electrons. The van der Waals surface area contributed by atoms with Gasteiger partial charge in [0, 0.05) is 70.3 Å². The van der Waals surface area contributed by atoms with Gasteiger partial charge in [-0.05, 0) is 32.9 Å². The second-order valence-corrected chi connectivity index (χ2v) is 15.7. The largest absolute Gasteiger partial charge is 0.487 e. The van der Waals surface area contributed by atoms with E-state index in [4.69, 9.17) is 32.4 Å². The van der Waals surface area contributed by atoms with Crippen LogP contribution in [0.3, 0.4) is 0 Å². The van der Waals surface area contributed by atoms with Crippen molar-refractivity contribution in [2.45, 2.75) is 32.9 Å². The van der Waals surface area contributed by atoms with E-state index in [9.17, 15) is 19.5 Å². The zero-order chi connectivity index (χ0) is 44.1. The molecule has 328 valence electrons. The summed E-state index contributed by atoms with van der Waals surface area (Å²) in [7, 11) is 0. The van der Waals surface area contributed by atoms with Crippen molar-refractivity contribution in [3.63, 3.8) is 0 Å². The highest BCUT2D eigenvalue weighted by Gasteiger charge is 2.33. The Morgan fingerprint density at radius 3 is 1.56 bits per heavy atom. The highest BCUT2D eigenvalue weighted by molar-refractivity contribution is 5.98. The van der Waals surface area contributed by atoms with E-state index in [0.717, 1.165) is 6.07 Å². The molecule has 2 atom stereocenters. The number of benzene rings is 2. The molecule has 4 aliphatic rings. The Kier molecular flexibility index (Phi) is 11.0.